The van der Waals surface area contributed by atoms with Crippen molar-refractivity contribution >= 4 is 33.1 Å². The third-order valence-corrected chi connectivity index (χ3v) is 5.20. The van der Waals surface area contributed by atoms with Crippen LogP contribution in [0.2, 0.25) is 0 Å². The average molecular weight is 392 g/mol. The zero-order valence-electron chi connectivity index (χ0n) is 15.2. The predicted octanol–water partition coefficient (Wildman–Crippen LogP) is 4.78. The number of hydrogen-bond acceptors (Lipinski definition) is 7. The molecule has 2 aromatic carbocycles. The molecule has 0 saturated heterocycles. The van der Waals surface area contributed by atoms with E-state index in [9.17, 15) is 4.79 Å². The van der Waals surface area contributed by atoms with Gasteiger partial charge in [0, 0.05) is 17.2 Å². The number of ether oxygens (including phenoxy) is 2. The molecule has 0 bridgehead atoms. The molecule has 6 nitrogen and oxygen atoms in total. The van der Waals surface area contributed by atoms with Gasteiger partial charge in [-0.25, -0.2) is 9.78 Å². The van der Waals surface area contributed by atoms with Gasteiger partial charge in [-0.15, -0.1) is 11.3 Å². The molecule has 0 aliphatic carbocycles. The molecule has 140 valence electrons. The second-order valence-electron chi connectivity index (χ2n) is 5.87. The monoisotopic (exact) mass is 392 g/mol. The maximum Gasteiger partial charge on any atom is 0.341 e. The molecule has 0 saturated carbocycles. The zero-order chi connectivity index (χ0) is 19.5. The van der Waals surface area contributed by atoms with Gasteiger partial charge in [-0.05, 0) is 12.1 Å². The van der Waals surface area contributed by atoms with E-state index in [2.05, 4.69) is 10.1 Å². The molecular formula is C21H16N2O4S. The number of aromatic nitrogens is 2. The summed E-state index contributed by atoms with van der Waals surface area (Å²) in [6.07, 6.45) is 1.36. The second kappa shape index (κ2) is 7.66. The topological polar surface area (TPSA) is 74.5 Å². The van der Waals surface area contributed by atoms with Crippen molar-refractivity contribution in [3.63, 3.8) is 0 Å². The number of carbonyl (C=O) groups is 1. The number of carbonyl (C=O) groups excluding carboxylic acids is 1. The fraction of sp³-hybridized carbons (Fsp3) is 0.0952. The van der Waals surface area contributed by atoms with Crippen LogP contribution >= 0.6 is 11.3 Å². The van der Waals surface area contributed by atoms with E-state index >= 15 is 0 Å². The number of esters is 1. The number of benzene rings is 2. The number of thiazole rings is 1. The Morgan fingerprint density at radius 2 is 1.89 bits per heavy atom. The van der Waals surface area contributed by atoms with Crippen LogP contribution in [0.25, 0.3) is 37.8 Å². The summed E-state index contributed by atoms with van der Waals surface area (Å²) in [4.78, 5) is 16.8. The van der Waals surface area contributed by atoms with Gasteiger partial charge in [0.05, 0.1) is 30.7 Å². The highest BCUT2D eigenvalue weighted by molar-refractivity contribution is 7.21. The Bertz CT molecular complexity index is 1140. The molecule has 0 atom stereocenters. The summed E-state index contributed by atoms with van der Waals surface area (Å²) in [6.45, 7) is 0. The normalized spacial score (nSPS) is 11.6. The Morgan fingerprint density at radius 1 is 1.11 bits per heavy atom. The van der Waals surface area contributed by atoms with Crippen molar-refractivity contribution in [2.45, 2.75) is 0 Å². The van der Waals surface area contributed by atoms with Gasteiger partial charge in [0.2, 0.25) is 0 Å². The molecule has 28 heavy (non-hydrogen) atoms. The van der Waals surface area contributed by atoms with E-state index in [1.807, 2.05) is 54.6 Å². The third kappa shape index (κ3) is 3.27. The molecule has 0 fully saturated rings. The van der Waals surface area contributed by atoms with Gasteiger partial charge in [-0.3, -0.25) is 0 Å². The predicted molar refractivity (Wildman–Crippen MR) is 108 cm³/mol. The molecule has 0 aliphatic heterocycles. The highest BCUT2D eigenvalue weighted by Gasteiger charge is 2.20. The quantitative estimate of drug-likeness (QED) is 0.276. The largest absolute Gasteiger partial charge is 0.503 e. The van der Waals surface area contributed by atoms with Gasteiger partial charge >= 0.3 is 5.97 Å². The minimum Gasteiger partial charge on any atom is -0.503 e. The number of nitrogens with zero attached hydrogens (tertiary/aromatic N) is 2. The minimum absolute atomic E-state index is 0.296. The Labute approximate surface area is 165 Å². The van der Waals surface area contributed by atoms with Crippen LogP contribution in [0, 0.1) is 0 Å². The number of para-hydroxylation sites is 1. The average Bonchev–Trinajstić information content (AvgIpc) is 3.38. The van der Waals surface area contributed by atoms with Crippen LogP contribution in [0.15, 0.2) is 65.4 Å². The molecule has 7 heteroatoms. The fourth-order valence-electron chi connectivity index (χ4n) is 2.87. The molecule has 0 radical (unpaired) electrons. The first-order chi connectivity index (χ1) is 13.7. The number of rotatable bonds is 5. The summed E-state index contributed by atoms with van der Waals surface area (Å²) < 4.78 is 16.6. The molecule has 4 rings (SSSR count). The lowest BCUT2D eigenvalue weighted by Gasteiger charge is -2.09. The number of fused-ring (bicyclic) bond motifs is 1. The highest BCUT2D eigenvalue weighted by atomic mass is 32.1. The summed E-state index contributed by atoms with van der Waals surface area (Å²) >= 11 is 1.54. The van der Waals surface area contributed by atoms with E-state index in [0.29, 0.717) is 22.6 Å². The highest BCUT2D eigenvalue weighted by Crippen LogP contribution is 2.34. The first-order valence-electron chi connectivity index (χ1n) is 8.45. The molecule has 0 N–H and O–H groups in total. The minimum atomic E-state index is -0.496. The van der Waals surface area contributed by atoms with Gasteiger partial charge in [0.25, 0.3) is 0 Å². The van der Waals surface area contributed by atoms with Crippen molar-refractivity contribution in [1.29, 1.82) is 0 Å². The standard InChI is InChI=1S/C21H16N2O4S/c1-25-12-15(21(24)26-2)13-7-3-4-8-14(13)17-11-18(27-23-17)20-22-16-9-5-6-10-19(16)28-20/h3-12H,1-2H3/b15-12-. The SMILES string of the molecule is CO/C=C(\C(=O)OC)c1ccccc1-c1cc(-c2nc3ccccc3s2)on1. The smallest absolute Gasteiger partial charge is 0.341 e. The van der Waals surface area contributed by atoms with Crippen LogP contribution in [0.4, 0.5) is 0 Å². The molecule has 0 spiro atoms. The Kier molecular flexibility index (Phi) is 4.90. The first kappa shape index (κ1) is 17.9. The van der Waals surface area contributed by atoms with Crippen LogP contribution in [-0.2, 0) is 14.3 Å². The zero-order valence-corrected chi connectivity index (χ0v) is 16.0. The molecule has 2 aromatic heterocycles. The van der Waals surface area contributed by atoms with E-state index in [4.69, 9.17) is 14.0 Å². The lowest BCUT2D eigenvalue weighted by atomic mass is 9.98. The van der Waals surface area contributed by atoms with Crippen LogP contribution < -0.4 is 0 Å². The molecule has 0 amide bonds. The van der Waals surface area contributed by atoms with Crippen LogP contribution in [0.1, 0.15) is 5.56 Å². The lowest BCUT2D eigenvalue weighted by Crippen LogP contribution is -2.05. The van der Waals surface area contributed by atoms with Crippen LogP contribution in [0.3, 0.4) is 0 Å². The van der Waals surface area contributed by atoms with Crippen molar-refractivity contribution in [3.05, 3.63) is 66.4 Å². The van der Waals surface area contributed by atoms with Crippen molar-refractivity contribution in [1.82, 2.24) is 10.1 Å². The van der Waals surface area contributed by atoms with E-state index < -0.39 is 5.97 Å². The number of hydrogen-bond donors (Lipinski definition) is 0. The Morgan fingerprint density at radius 3 is 2.68 bits per heavy atom. The summed E-state index contributed by atoms with van der Waals surface area (Å²) in [5, 5.41) is 4.94. The molecule has 2 heterocycles. The Hall–Kier alpha value is -3.45. The third-order valence-electron chi connectivity index (χ3n) is 4.15. The van der Waals surface area contributed by atoms with Crippen molar-refractivity contribution < 1.29 is 18.8 Å². The maximum atomic E-state index is 12.2. The summed E-state index contributed by atoms with van der Waals surface area (Å²) in [6, 6.07) is 17.1. The second-order valence-corrected chi connectivity index (χ2v) is 6.90. The van der Waals surface area contributed by atoms with E-state index in [-0.39, 0.29) is 0 Å². The van der Waals surface area contributed by atoms with Crippen molar-refractivity contribution in [3.8, 4) is 22.0 Å². The summed E-state index contributed by atoms with van der Waals surface area (Å²) in [7, 11) is 2.81. The number of methoxy groups -OCH3 is 2. The van der Waals surface area contributed by atoms with Gasteiger partial charge in [0.1, 0.15) is 11.3 Å². The van der Waals surface area contributed by atoms with Gasteiger partial charge < -0.3 is 14.0 Å². The maximum absolute atomic E-state index is 12.2. The van der Waals surface area contributed by atoms with E-state index in [0.717, 1.165) is 20.8 Å². The Balaban J connectivity index is 1.77. The lowest BCUT2D eigenvalue weighted by molar-refractivity contribution is -0.133. The van der Waals surface area contributed by atoms with E-state index in [1.54, 1.807) is 0 Å². The molecule has 0 aliphatic rings. The molecular weight excluding hydrogens is 376 g/mol. The molecule has 4 aromatic rings. The summed E-state index contributed by atoms with van der Waals surface area (Å²) in [5.41, 5.74) is 3.17. The van der Waals surface area contributed by atoms with E-state index in [1.165, 1.54) is 31.8 Å². The van der Waals surface area contributed by atoms with Crippen LogP contribution in [-0.4, -0.2) is 30.3 Å². The fourth-order valence-corrected chi connectivity index (χ4v) is 3.79. The first-order valence-corrected chi connectivity index (χ1v) is 9.26. The van der Waals surface area contributed by atoms with Crippen molar-refractivity contribution in [2.24, 2.45) is 0 Å². The molecule has 0 unspecified atom stereocenters. The van der Waals surface area contributed by atoms with Crippen LogP contribution in [0.5, 0.6) is 0 Å². The van der Waals surface area contributed by atoms with Gasteiger partial charge in [-0.2, -0.15) is 0 Å². The summed E-state index contributed by atoms with van der Waals surface area (Å²) in [5.74, 6) is 0.0746. The van der Waals surface area contributed by atoms with Gasteiger partial charge in [0.15, 0.2) is 10.8 Å². The van der Waals surface area contributed by atoms with Gasteiger partial charge in [-0.1, -0.05) is 41.6 Å². The van der Waals surface area contributed by atoms with Crippen molar-refractivity contribution in [2.75, 3.05) is 14.2 Å².